The predicted molar refractivity (Wildman–Crippen MR) is 87.2 cm³/mol. The molecule has 3 heteroatoms. The van der Waals surface area contributed by atoms with Crippen LogP contribution in [0.25, 0.3) is 0 Å². The standard InChI is InChI=1S/C18H21ClFN/c1-2-12-21-18(14-6-4-3-5-7-14)11-8-15-13-16(19)9-10-17(15)20/h3-7,9-10,13,18,21H,2,8,11-12H2,1H3. The van der Waals surface area contributed by atoms with Gasteiger partial charge >= 0.3 is 0 Å². The van der Waals surface area contributed by atoms with Gasteiger partial charge in [0.2, 0.25) is 0 Å². The lowest BCUT2D eigenvalue weighted by molar-refractivity contribution is 0.493. The fourth-order valence-electron chi connectivity index (χ4n) is 2.43. The summed E-state index contributed by atoms with van der Waals surface area (Å²) in [6.45, 7) is 3.10. The van der Waals surface area contributed by atoms with Crippen molar-refractivity contribution in [2.75, 3.05) is 6.54 Å². The van der Waals surface area contributed by atoms with Gasteiger partial charge in [-0.1, -0.05) is 48.9 Å². The third kappa shape index (κ3) is 4.83. The van der Waals surface area contributed by atoms with E-state index in [1.165, 1.54) is 11.6 Å². The minimum absolute atomic E-state index is 0.179. The second-order valence-corrected chi connectivity index (χ2v) is 5.63. The third-order valence-corrected chi connectivity index (χ3v) is 3.79. The van der Waals surface area contributed by atoms with Gasteiger partial charge in [0.05, 0.1) is 0 Å². The van der Waals surface area contributed by atoms with Gasteiger partial charge in [0, 0.05) is 11.1 Å². The van der Waals surface area contributed by atoms with Gasteiger partial charge in [-0.2, -0.15) is 0 Å². The summed E-state index contributed by atoms with van der Waals surface area (Å²) in [6.07, 6.45) is 2.60. The summed E-state index contributed by atoms with van der Waals surface area (Å²) in [7, 11) is 0. The van der Waals surface area contributed by atoms with E-state index in [2.05, 4.69) is 24.4 Å². The molecule has 21 heavy (non-hydrogen) atoms. The molecule has 0 aliphatic heterocycles. The zero-order valence-corrected chi connectivity index (χ0v) is 13.0. The maximum absolute atomic E-state index is 13.8. The molecule has 0 saturated heterocycles. The normalized spacial score (nSPS) is 12.3. The Bertz CT molecular complexity index is 556. The van der Waals surface area contributed by atoms with Gasteiger partial charge in [-0.3, -0.25) is 0 Å². The summed E-state index contributed by atoms with van der Waals surface area (Å²) in [5.74, 6) is -0.179. The topological polar surface area (TPSA) is 12.0 Å². The molecule has 1 nitrogen and oxygen atoms in total. The van der Waals surface area contributed by atoms with Gasteiger partial charge < -0.3 is 5.32 Å². The first-order chi connectivity index (χ1) is 10.2. The molecule has 0 bridgehead atoms. The molecule has 0 saturated carbocycles. The summed E-state index contributed by atoms with van der Waals surface area (Å²) in [5, 5.41) is 4.12. The highest BCUT2D eigenvalue weighted by atomic mass is 35.5. The Balaban J connectivity index is 2.07. The second-order valence-electron chi connectivity index (χ2n) is 5.19. The lowest BCUT2D eigenvalue weighted by atomic mass is 9.98. The van der Waals surface area contributed by atoms with E-state index in [0.717, 1.165) is 19.4 Å². The van der Waals surface area contributed by atoms with E-state index in [9.17, 15) is 4.39 Å². The highest BCUT2D eigenvalue weighted by Gasteiger charge is 2.12. The van der Waals surface area contributed by atoms with Gasteiger partial charge in [0.1, 0.15) is 5.82 Å². The van der Waals surface area contributed by atoms with Gasteiger partial charge in [-0.05, 0) is 55.1 Å². The molecule has 0 fully saturated rings. The van der Waals surface area contributed by atoms with Crippen LogP contribution >= 0.6 is 11.6 Å². The maximum atomic E-state index is 13.8. The summed E-state index contributed by atoms with van der Waals surface area (Å²) >= 11 is 5.95. The summed E-state index contributed by atoms with van der Waals surface area (Å²) in [5.41, 5.74) is 1.93. The van der Waals surface area contributed by atoms with Gasteiger partial charge in [-0.25, -0.2) is 4.39 Å². The second kappa shape index (κ2) is 8.16. The molecule has 1 N–H and O–H groups in total. The number of hydrogen-bond donors (Lipinski definition) is 1. The van der Waals surface area contributed by atoms with E-state index in [-0.39, 0.29) is 11.9 Å². The highest BCUT2D eigenvalue weighted by molar-refractivity contribution is 6.30. The van der Waals surface area contributed by atoms with Crippen LogP contribution in [0.3, 0.4) is 0 Å². The molecule has 0 aromatic heterocycles. The van der Waals surface area contributed by atoms with Crippen LogP contribution in [0.15, 0.2) is 48.5 Å². The van der Waals surface area contributed by atoms with Gasteiger partial charge in [-0.15, -0.1) is 0 Å². The number of aryl methyl sites for hydroxylation is 1. The number of halogens is 2. The average Bonchev–Trinajstić information content (AvgIpc) is 2.51. The molecule has 112 valence electrons. The van der Waals surface area contributed by atoms with Crippen molar-refractivity contribution in [3.05, 3.63) is 70.5 Å². The molecule has 2 rings (SSSR count). The molecular weight excluding hydrogens is 285 g/mol. The van der Waals surface area contributed by atoms with Crippen molar-refractivity contribution in [3.8, 4) is 0 Å². The van der Waals surface area contributed by atoms with E-state index >= 15 is 0 Å². The van der Waals surface area contributed by atoms with Gasteiger partial charge in [0.15, 0.2) is 0 Å². The molecule has 0 aliphatic rings. The predicted octanol–water partition coefficient (Wildman–Crippen LogP) is 5.15. The van der Waals surface area contributed by atoms with Crippen molar-refractivity contribution in [2.24, 2.45) is 0 Å². The van der Waals surface area contributed by atoms with Crippen molar-refractivity contribution in [2.45, 2.75) is 32.2 Å². The number of rotatable bonds is 7. The van der Waals surface area contributed by atoms with Crippen LogP contribution in [0.4, 0.5) is 4.39 Å². The summed E-state index contributed by atoms with van der Waals surface area (Å²) in [4.78, 5) is 0. The smallest absolute Gasteiger partial charge is 0.126 e. The first-order valence-corrected chi connectivity index (χ1v) is 7.80. The molecule has 0 amide bonds. The Labute approximate surface area is 131 Å². The third-order valence-electron chi connectivity index (χ3n) is 3.55. The maximum Gasteiger partial charge on any atom is 0.126 e. The van der Waals surface area contributed by atoms with Crippen LogP contribution in [-0.4, -0.2) is 6.54 Å². The molecule has 1 unspecified atom stereocenters. The lowest BCUT2D eigenvalue weighted by Crippen LogP contribution is -2.22. The van der Waals surface area contributed by atoms with E-state index in [4.69, 9.17) is 11.6 Å². The lowest BCUT2D eigenvalue weighted by Gasteiger charge is -2.19. The minimum atomic E-state index is -0.179. The Morgan fingerprint density at radius 2 is 1.90 bits per heavy atom. The van der Waals surface area contributed by atoms with Crippen molar-refractivity contribution < 1.29 is 4.39 Å². The molecule has 0 spiro atoms. The fraction of sp³-hybridized carbons (Fsp3) is 0.333. The molecule has 2 aromatic rings. The number of benzene rings is 2. The van der Waals surface area contributed by atoms with Crippen LogP contribution in [0.2, 0.25) is 5.02 Å². The van der Waals surface area contributed by atoms with Crippen LogP contribution < -0.4 is 5.32 Å². The summed E-state index contributed by atoms with van der Waals surface area (Å²) < 4.78 is 13.8. The van der Waals surface area contributed by atoms with E-state index < -0.39 is 0 Å². The fourth-order valence-corrected chi connectivity index (χ4v) is 2.62. The quantitative estimate of drug-likeness (QED) is 0.745. The van der Waals surface area contributed by atoms with Crippen molar-refractivity contribution in [1.29, 1.82) is 0 Å². The van der Waals surface area contributed by atoms with Crippen LogP contribution in [0.5, 0.6) is 0 Å². The Kier molecular flexibility index (Phi) is 6.21. The van der Waals surface area contributed by atoms with Crippen LogP contribution in [-0.2, 0) is 6.42 Å². The largest absolute Gasteiger partial charge is 0.310 e. The first-order valence-electron chi connectivity index (χ1n) is 7.43. The zero-order valence-electron chi connectivity index (χ0n) is 12.3. The first kappa shape index (κ1) is 16.0. The van der Waals surface area contributed by atoms with Crippen molar-refractivity contribution >= 4 is 11.6 Å². The molecular formula is C18H21ClFN. The van der Waals surface area contributed by atoms with Crippen LogP contribution in [0, 0.1) is 5.82 Å². The molecule has 0 radical (unpaired) electrons. The van der Waals surface area contributed by atoms with Gasteiger partial charge in [0.25, 0.3) is 0 Å². The Morgan fingerprint density at radius 1 is 1.14 bits per heavy atom. The minimum Gasteiger partial charge on any atom is -0.310 e. The highest BCUT2D eigenvalue weighted by Crippen LogP contribution is 2.22. The van der Waals surface area contributed by atoms with Crippen molar-refractivity contribution in [1.82, 2.24) is 5.32 Å². The molecule has 1 atom stereocenters. The number of nitrogens with one attached hydrogen (secondary N) is 1. The monoisotopic (exact) mass is 305 g/mol. The SMILES string of the molecule is CCCNC(CCc1cc(Cl)ccc1F)c1ccccc1. The Morgan fingerprint density at radius 3 is 2.62 bits per heavy atom. The van der Waals surface area contributed by atoms with E-state index in [0.29, 0.717) is 17.0 Å². The van der Waals surface area contributed by atoms with Crippen molar-refractivity contribution in [3.63, 3.8) is 0 Å². The molecule has 0 heterocycles. The summed E-state index contributed by atoms with van der Waals surface area (Å²) in [6, 6.07) is 15.3. The number of hydrogen-bond acceptors (Lipinski definition) is 1. The van der Waals surface area contributed by atoms with E-state index in [1.54, 1.807) is 12.1 Å². The molecule has 2 aromatic carbocycles. The zero-order chi connectivity index (χ0) is 15.1. The molecule has 0 aliphatic carbocycles. The van der Waals surface area contributed by atoms with E-state index in [1.807, 2.05) is 18.2 Å². The Hall–Kier alpha value is -1.38. The average molecular weight is 306 g/mol. The van der Waals surface area contributed by atoms with Crippen LogP contribution in [0.1, 0.15) is 36.9 Å².